The number of hydrogen-bond acceptors (Lipinski definition) is 8. The summed E-state index contributed by atoms with van der Waals surface area (Å²) in [4.78, 5) is 28.1. The van der Waals surface area contributed by atoms with Crippen LogP contribution in [0, 0.1) is 0 Å². The van der Waals surface area contributed by atoms with Crippen LogP contribution in [0.25, 0.3) is 0 Å². The lowest BCUT2D eigenvalue weighted by Crippen LogP contribution is -2.37. The Labute approximate surface area is 241 Å². The molecule has 0 saturated heterocycles. The Kier molecular flexibility index (Phi) is 10.0. The van der Waals surface area contributed by atoms with Gasteiger partial charge in [-0.05, 0) is 88.8 Å². The highest BCUT2D eigenvalue weighted by Crippen LogP contribution is 2.38. The molecule has 15 heteroatoms. The molecule has 0 unspecified atom stereocenters. The van der Waals surface area contributed by atoms with Crippen LogP contribution in [-0.4, -0.2) is 49.5 Å². The van der Waals surface area contributed by atoms with Gasteiger partial charge in [-0.2, -0.15) is 13.2 Å². The molecule has 0 spiro atoms. The SMILES string of the molecule is C[C@@H](CC(F)(F)F)NC(=O)O[C@@H]1CC[C@@H](c2cnc(Nc3ccc(S(=O)(=O)NC(=O)OC(C)(C)C)cc3)c(Cl)c2)C1. The Morgan fingerprint density at radius 3 is 2.37 bits per heavy atom. The number of hydrogen-bond donors (Lipinski definition) is 3. The quantitative estimate of drug-likeness (QED) is 0.309. The van der Waals surface area contributed by atoms with E-state index >= 15 is 0 Å². The largest absolute Gasteiger partial charge is 0.446 e. The number of amides is 2. The molecule has 226 valence electrons. The van der Waals surface area contributed by atoms with Crippen LogP contribution in [0.3, 0.4) is 0 Å². The summed E-state index contributed by atoms with van der Waals surface area (Å²) in [5.41, 5.74) is 0.440. The zero-order valence-corrected chi connectivity index (χ0v) is 24.4. The number of alkyl carbamates (subject to hydrolysis) is 1. The third-order valence-corrected chi connectivity index (χ3v) is 7.55. The van der Waals surface area contributed by atoms with Gasteiger partial charge >= 0.3 is 18.4 Å². The maximum atomic E-state index is 12.5. The van der Waals surface area contributed by atoms with Crippen LogP contribution in [0.4, 0.5) is 34.3 Å². The fourth-order valence-corrected chi connectivity index (χ4v) is 5.32. The van der Waals surface area contributed by atoms with Crippen LogP contribution < -0.4 is 15.4 Å². The van der Waals surface area contributed by atoms with E-state index in [2.05, 4.69) is 15.6 Å². The van der Waals surface area contributed by atoms with Crippen LogP contribution in [0.5, 0.6) is 0 Å². The van der Waals surface area contributed by atoms with Crippen LogP contribution in [0.15, 0.2) is 41.4 Å². The van der Waals surface area contributed by atoms with Crippen molar-refractivity contribution in [3.05, 3.63) is 47.1 Å². The first-order chi connectivity index (χ1) is 18.9. The van der Waals surface area contributed by atoms with Gasteiger partial charge in [0.2, 0.25) is 0 Å². The fraction of sp³-hybridized carbons (Fsp3) is 0.500. The summed E-state index contributed by atoms with van der Waals surface area (Å²) < 4.78 is 74.5. The predicted molar refractivity (Wildman–Crippen MR) is 146 cm³/mol. The highest BCUT2D eigenvalue weighted by molar-refractivity contribution is 7.90. The number of carbonyl (C=O) groups is 2. The predicted octanol–water partition coefficient (Wildman–Crippen LogP) is 6.40. The highest BCUT2D eigenvalue weighted by Gasteiger charge is 2.33. The van der Waals surface area contributed by atoms with Gasteiger partial charge in [0.1, 0.15) is 17.5 Å². The molecule has 10 nitrogen and oxygen atoms in total. The van der Waals surface area contributed by atoms with Gasteiger partial charge < -0.3 is 20.1 Å². The van der Waals surface area contributed by atoms with Crippen molar-refractivity contribution >= 4 is 45.3 Å². The van der Waals surface area contributed by atoms with Crippen molar-refractivity contribution < 1.29 is 40.7 Å². The van der Waals surface area contributed by atoms with Crippen molar-refractivity contribution in [1.82, 2.24) is 15.0 Å². The Bertz CT molecular complexity index is 1350. The van der Waals surface area contributed by atoms with Gasteiger partial charge in [0.05, 0.1) is 16.3 Å². The van der Waals surface area contributed by atoms with Gasteiger partial charge in [0.25, 0.3) is 10.0 Å². The normalized spacial score (nSPS) is 18.3. The maximum absolute atomic E-state index is 12.5. The molecule has 1 fully saturated rings. The van der Waals surface area contributed by atoms with Crippen molar-refractivity contribution in [2.24, 2.45) is 0 Å². The number of carbonyl (C=O) groups excluding carboxylic acids is 2. The molecule has 0 bridgehead atoms. The topological polar surface area (TPSA) is 136 Å². The second kappa shape index (κ2) is 12.7. The lowest BCUT2D eigenvalue weighted by Gasteiger charge is -2.19. The number of nitrogens with zero attached hydrogens (tertiary/aromatic N) is 1. The summed E-state index contributed by atoms with van der Waals surface area (Å²) in [6, 6.07) is 6.19. The number of anilines is 2. The van der Waals surface area contributed by atoms with E-state index in [9.17, 15) is 31.2 Å². The minimum atomic E-state index is -4.39. The van der Waals surface area contributed by atoms with Crippen molar-refractivity contribution in [3.8, 4) is 0 Å². The smallest absolute Gasteiger partial charge is 0.421 e. The van der Waals surface area contributed by atoms with E-state index in [4.69, 9.17) is 21.1 Å². The summed E-state index contributed by atoms with van der Waals surface area (Å²) in [5, 5.41) is 5.51. The molecule has 1 heterocycles. The molecule has 3 atom stereocenters. The third kappa shape index (κ3) is 10.3. The van der Waals surface area contributed by atoms with Crippen LogP contribution in [-0.2, 0) is 19.5 Å². The molecule has 3 rings (SSSR count). The molecular formula is C26H32ClF3N4O6S. The number of halogens is 4. The van der Waals surface area contributed by atoms with Crippen LogP contribution in [0.2, 0.25) is 5.02 Å². The molecule has 0 radical (unpaired) electrons. The van der Waals surface area contributed by atoms with Crippen LogP contribution >= 0.6 is 11.6 Å². The summed E-state index contributed by atoms with van der Waals surface area (Å²) >= 11 is 6.43. The summed E-state index contributed by atoms with van der Waals surface area (Å²) in [7, 11) is -4.14. The minimum absolute atomic E-state index is 0.0126. The monoisotopic (exact) mass is 620 g/mol. The average molecular weight is 621 g/mol. The molecule has 3 N–H and O–H groups in total. The standard InChI is InChI=1S/C26H32ClF3N4O6S/c1-15(13-26(28,29)30)32-23(35)39-19-8-5-16(11-19)17-12-21(27)22(31-14-17)33-18-6-9-20(10-7-18)41(37,38)34-24(36)40-25(2,3)4/h6-7,9-10,12,14-16,19H,5,8,11,13H2,1-4H3,(H,31,33)(H,32,35)(H,34,36)/t15-,16+,19+/m0/s1. The van der Waals surface area contributed by atoms with Gasteiger partial charge in [0.15, 0.2) is 0 Å². The van der Waals surface area contributed by atoms with Crippen molar-refractivity contribution in [1.29, 1.82) is 0 Å². The summed E-state index contributed by atoms with van der Waals surface area (Å²) in [6.07, 6.45) is -4.64. The second-order valence-electron chi connectivity index (χ2n) is 10.8. The number of ether oxygens (including phenoxy) is 2. The number of pyridine rings is 1. The summed E-state index contributed by atoms with van der Waals surface area (Å²) in [5.74, 6) is 0.308. The molecule has 0 aliphatic heterocycles. The number of nitrogens with one attached hydrogen (secondary N) is 3. The van der Waals surface area contributed by atoms with E-state index < -0.39 is 52.6 Å². The molecule has 1 aromatic carbocycles. The van der Waals surface area contributed by atoms with Crippen molar-refractivity contribution in [3.63, 3.8) is 0 Å². The zero-order chi connectivity index (χ0) is 30.6. The Hall–Kier alpha value is -3.26. The van der Waals surface area contributed by atoms with Crippen LogP contribution in [0.1, 0.15) is 64.9 Å². The van der Waals surface area contributed by atoms with E-state index in [1.165, 1.54) is 31.2 Å². The molecular weight excluding hydrogens is 589 g/mol. The maximum Gasteiger partial charge on any atom is 0.421 e. The van der Waals surface area contributed by atoms with Gasteiger partial charge in [-0.15, -0.1) is 0 Å². The molecule has 41 heavy (non-hydrogen) atoms. The number of benzene rings is 1. The molecule has 1 aromatic heterocycles. The molecule has 2 amide bonds. The van der Waals surface area contributed by atoms with Gasteiger partial charge in [-0.1, -0.05) is 11.6 Å². The Morgan fingerprint density at radius 2 is 1.78 bits per heavy atom. The fourth-order valence-electron chi connectivity index (χ4n) is 4.22. The summed E-state index contributed by atoms with van der Waals surface area (Å²) in [6.45, 7) is 6.09. The van der Waals surface area contributed by atoms with Crippen molar-refractivity contribution in [2.45, 2.75) is 88.1 Å². The first kappa shape index (κ1) is 32.3. The highest BCUT2D eigenvalue weighted by atomic mass is 35.5. The average Bonchev–Trinajstić information content (AvgIpc) is 3.26. The number of aromatic nitrogens is 1. The molecule has 1 saturated carbocycles. The van der Waals surface area contributed by atoms with E-state index in [1.807, 2.05) is 4.72 Å². The van der Waals surface area contributed by atoms with E-state index in [0.29, 0.717) is 35.8 Å². The lowest BCUT2D eigenvalue weighted by atomic mass is 9.99. The second-order valence-corrected chi connectivity index (χ2v) is 12.8. The van der Waals surface area contributed by atoms with Gasteiger partial charge in [0, 0.05) is 17.9 Å². The van der Waals surface area contributed by atoms with Crippen molar-refractivity contribution in [2.75, 3.05) is 5.32 Å². The number of rotatable bonds is 8. The van der Waals surface area contributed by atoms with E-state index in [-0.39, 0.29) is 10.8 Å². The molecule has 2 aromatic rings. The van der Waals surface area contributed by atoms with Gasteiger partial charge in [-0.3, -0.25) is 0 Å². The van der Waals surface area contributed by atoms with E-state index in [1.54, 1.807) is 33.0 Å². The first-order valence-electron chi connectivity index (χ1n) is 12.7. The zero-order valence-electron chi connectivity index (χ0n) is 22.8. The molecule has 1 aliphatic rings. The number of alkyl halides is 3. The molecule has 1 aliphatic carbocycles. The third-order valence-electron chi connectivity index (χ3n) is 5.94. The lowest BCUT2D eigenvalue weighted by molar-refractivity contribution is -0.138. The Morgan fingerprint density at radius 1 is 1.12 bits per heavy atom. The Balaban J connectivity index is 1.55. The minimum Gasteiger partial charge on any atom is -0.446 e. The number of sulfonamides is 1. The van der Waals surface area contributed by atoms with E-state index in [0.717, 1.165) is 5.56 Å². The first-order valence-corrected chi connectivity index (χ1v) is 14.6. The van der Waals surface area contributed by atoms with Gasteiger partial charge in [-0.25, -0.2) is 27.7 Å².